The highest BCUT2D eigenvalue weighted by Gasteiger charge is 2.21. The molecule has 1 atom stereocenters. The summed E-state index contributed by atoms with van der Waals surface area (Å²) in [5.74, 6) is 1.13. The largest absolute Gasteiger partial charge is 0.305 e. The monoisotopic (exact) mass is 291 g/mol. The van der Waals surface area contributed by atoms with Crippen molar-refractivity contribution < 1.29 is 0 Å². The molecule has 1 aliphatic rings. The maximum absolute atomic E-state index is 3.73. The van der Waals surface area contributed by atoms with E-state index in [9.17, 15) is 0 Å². The van der Waals surface area contributed by atoms with Gasteiger partial charge in [0.1, 0.15) is 0 Å². The molecular weight excluding hydrogens is 274 g/mol. The van der Waals surface area contributed by atoms with Gasteiger partial charge >= 0.3 is 0 Å². The maximum atomic E-state index is 3.73. The van der Waals surface area contributed by atoms with Crippen LogP contribution in [-0.2, 0) is 6.54 Å². The van der Waals surface area contributed by atoms with E-state index in [1.165, 1.54) is 26.8 Å². The third kappa shape index (κ3) is 2.45. The van der Waals surface area contributed by atoms with E-state index in [0.717, 1.165) is 12.3 Å². The summed E-state index contributed by atoms with van der Waals surface area (Å²) in [6, 6.07) is 24.4. The van der Waals surface area contributed by atoms with Gasteiger partial charge in [-0.05, 0) is 28.0 Å². The van der Waals surface area contributed by atoms with Gasteiger partial charge in [-0.2, -0.15) is 0 Å². The predicted molar refractivity (Wildman–Crippen MR) is 90.7 cm³/mol. The number of hydrogen-bond acceptors (Lipinski definition) is 2. The molecule has 2 heteroatoms. The summed E-state index contributed by atoms with van der Waals surface area (Å²) in [5, 5.41) is 6.40. The molecule has 21 heavy (non-hydrogen) atoms. The van der Waals surface area contributed by atoms with E-state index in [2.05, 4.69) is 72.0 Å². The number of rotatable bonds is 3. The molecule has 1 N–H and O–H groups in total. The normalized spacial score (nSPS) is 17.0. The van der Waals surface area contributed by atoms with E-state index in [-0.39, 0.29) is 0 Å². The first-order chi connectivity index (χ1) is 10.4. The van der Waals surface area contributed by atoms with Crippen molar-refractivity contribution in [3.63, 3.8) is 0 Å². The molecule has 0 spiro atoms. The Morgan fingerprint density at radius 2 is 1.71 bits per heavy atom. The van der Waals surface area contributed by atoms with Crippen LogP contribution in [0.5, 0.6) is 0 Å². The average molecular weight is 291 g/mol. The summed E-state index contributed by atoms with van der Waals surface area (Å²) >= 11 is 1.95. The van der Waals surface area contributed by atoms with Crippen molar-refractivity contribution in [2.24, 2.45) is 0 Å². The van der Waals surface area contributed by atoms with E-state index in [1.54, 1.807) is 0 Å². The van der Waals surface area contributed by atoms with E-state index < -0.39 is 0 Å². The summed E-state index contributed by atoms with van der Waals surface area (Å²) in [5.41, 5.74) is 2.82. The molecule has 0 fully saturated rings. The van der Waals surface area contributed by atoms with Crippen LogP contribution in [-0.4, -0.2) is 5.75 Å². The first kappa shape index (κ1) is 12.9. The highest BCUT2D eigenvalue weighted by molar-refractivity contribution is 7.99. The fourth-order valence-electron chi connectivity index (χ4n) is 3.01. The van der Waals surface area contributed by atoms with Gasteiger partial charge < -0.3 is 5.32 Å². The molecule has 3 aromatic carbocycles. The molecule has 0 bridgehead atoms. The molecule has 1 aliphatic heterocycles. The third-order valence-electron chi connectivity index (χ3n) is 4.12. The second kappa shape index (κ2) is 5.55. The molecule has 0 saturated carbocycles. The lowest BCUT2D eigenvalue weighted by Crippen LogP contribution is -2.20. The maximum Gasteiger partial charge on any atom is 0.0429 e. The SMILES string of the molecule is c1ccc2c(c1)SCC2NCc1cccc2ccccc12. The zero-order valence-corrected chi connectivity index (χ0v) is 12.6. The van der Waals surface area contributed by atoms with E-state index in [0.29, 0.717) is 6.04 Å². The summed E-state index contributed by atoms with van der Waals surface area (Å²) in [4.78, 5) is 1.42. The van der Waals surface area contributed by atoms with E-state index in [4.69, 9.17) is 0 Å². The van der Waals surface area contributed by atoms with Gasteiger partial charge in [0.15, 0.2) is 0 Å². The van der Waals surface area contributed by atoms with E-state index >= 15 is 0 Å². The second-order valence-electron chi connectivity index (χ2n) is 5.42. The molecule has 3 aromatic rings. The lowest BCUT2D eigenvalue weighted by molar-refractivity contribution is 0.585. The number of benzene rings is 3. The smallest absolute Gasteiger partial charge is 0.0429 e. The predicted octanol–water partition coefficient (Wildman–Crippen LogP) is 4.78. The molecule has 1 heterocycles. The minimum Gasteiger partial charge on any atom is -0.305 e. The van der Waals surface area contributed by atoms with Crippen LogP contribution in [0.1, 0.15) is 17.2 Å². The number of thioether (sulfide) groups is 1. The van der Waals surface area contributed by atoms with Crippen LogP contribution in [0.4, 0.5) is 0 Å². The Kier molecular flexibility index (Phi) is 3.42. The molecule has 0 aromatic heterocycles. The van der Waals surface area contributed by atoms with Crippen LogP contribution < -0.4 is 5.32 Å². The lowest BCUT2D eigenvalue weighted by Gasteiger charge is -2.14. The van der Waals surface area contributed by atoms with Crippen molar-refractivity contribution in [1.29, 1.82) is 0 Å². The number of nitrogens with one attached hydrogen (secondary N) is 1. The Morgan fingerprint density at radius 1 is 0.905 bits per heavy atom. The van der Waals surface area contributed by atoms with E-state index in [1.807, 2.05) is 11.8 Å². The molecule has 0 aliphatic carbocycles. The minimum absolute atomic E-state index is 0.463. The fraction of sp³-hybridized carbons (Fsp3) is 0.158. The third-order valence-corrected chi connectivity index (χ3v) is 5.30. The van der Waals surface area contributed by atoms with Crippen LogP contribution in [0.15, 0.2) is 71.6 Å². The minimum atomic E-state index is 0.463. The second-order valence-corrected chi connectivity index (χ2v) is 6.48. The number of fused-ring (bicyclic) bond motifs is 2. The molecule has 0 amide bonds. The Labute approximate surface area is 129 Å². The first-order valence-electron chi connectivity index (χ1n) is 7.33. The van der Waals surface area contributed by atoms with Crippen LogP contribution in [0, 0.1) is 0 Å². The topological polar surface area (TPSA) is 12.0 Å². The summed E-state index contributed by atoms with van der Waals surface area (Å²) < 4.78 is 0. The standard InChI is InChI=1S/C19H17NS/c1-2-9-16-14(6-1)7-5-8-15(16)12-20-18-13-21-19-11-4-3-10-17(18)19/h1-11,18,20H,12-13H2. The Balaban J connectivity index is 1.57. The van der Waals surface area contributed by atoms with Gasteiger partial charge in [-0.3, -0.25) is 0 Å². The lowest BCUT2D eigenvalue weighted by atomic mass is 10.0. The summed E-state index contributed by atoms with van der Waals surface area (Å²) in [7, 11) is 0. The Hall–Kier alpha value is -1.77. The van der Waals surface area contributed by atoms with Crippen LogP contribution in [0.2, 0.25) is 0 Å². The zero-order valence-electron chi connectivity index (χ0n) is 11.8. The van der Waals surface area contributed by atoms with Crippen LogP contribution >= 0.6 is 11.8 Å². The highest BCUT2D eigenvalue weighted by Crippen LogP contribution is 2.37. The van der Waals surface area contributed by atoms with Gasteiger partial charge in [0.05, 0.1) is 0 Å². The van der Waals surface area contributed by atoms with Gasteiger partial charge in [-0.15, -0.1) is 11.8 Å². The molecule has 0 radical (unpaired) electrons. The molecule has 1 unspecified atom stereocenters. The summed E-state index contributed by atoms with van der Waals surface area (Å²) in [6.07, 6.45) is 0. The van der Waals surface area contributed by atoms with Crippen LogP contribution in [0.25, 0.3) is 10.8 Å². The molecular formula is C19H17NS. The number of hydrogen-bond donors (Lipinski definition) is 1. The van der Waals surface area contributed by atoms with Gasteiger partial charge in [-0.25, -0.2) is 0 Å². The van der Waals surface area contributed by atoms with Gasteiger partial charge in [0.25, 0.3) is 0 Å². The molecule has 104 valence electrons. The quantitative estimate of drug-likeness (QED) is 0.745. The van der Waals surface area contributed by atoms with Crippen molar-refractivity contribution in [3.8, 4) is 0 Å². The highest BCUT2D eigenvalue weighted by atomic mass is 32.2. The Morgan fingerprint density at radius 3 is 2.71 bits per heavy atom. The van der Waals surface area contributed by atoms with Crippen LogP contribution in [0.3, 0.4) is 0 Å². The van der Waals surface area contributed by atoms with Crippen molar-refractivity contribution in [1.82, 2.24) is 5.32 Å². The van der Waals surface area contributed by atoms with Gasteiger partial charge in [-0.1, -0.05) is 60.7 Å². The summed E-state index contributed by atoms with van der Waals surface area (Å²) in [6.45, 7) is 0.918. The zero-order chi connectivity index (χ0) is 14.1. The Bertz CT molecular complexity index is 776. The molecule has 4 rings (SSSR count). The van der Waals surface area contributed by atoms with Crippen molar-refractivity contribution >= 4 is 22.5 Å². The van der Waals surface area contributed by atoms with Crippen molar-refractivity contribution in [3.05, 3.63) is 77.9 Å². The van der Waals surface area contributed by atoms with Crippen molar-refractivity contribution in [2.45, 2.75) is 17.5 Å². The first-order valence-corrected chi connectivity index (χ1v) is 8.32. The average Bonchev–Trinajstić information content (AvgIpc) is 2.96. The van der Waals surface area contributed by atoms with Gasteiger partial charge in [0.2, 0.25) is 0 Å². The fourth-order valence-corrected chi connectivity index (χ4v) is 4.21. The van der Waals surface area contributed by atoms with Crippen molar-refractivity contribution in [2.75, 3.05) is 5.75 Å². The molecule has 1 nitrogen and oxygen atoms in total. The molecule has 0 saturated heterocycles. The van der Waals surface area contributed by atoms with Gasteiger partial charge in [0, 0.05) is 23.2 Å².